The third-order valence-electron chi connectivity index (χ3n) is 3.33. The van der Waals surface area contributed by atoms with Crippen molar-refractivity contribution in [2.24, 2.45) is 0 Å². The van der Waals surface area contributed by atoms with E-state index in [9.17, 15) is 0 Å². The molecule has 24 heavy (non-hydrogen) atoms. The van der Waals surface area contributed by atoms with Crippen LogP contribution in [0.15, 0.2) is 71.8 Å². The number of hydrogen-bond donors (Lipinski definition) is 1. The van der Waals surface area contributed by atoms with Crippen molar-refractivity contribution in [3.05, 3.63) is 71.8 Å². The van der Waals surface area contributed by atoms with Crippen LogP contribution in [0, 0.1) is 22.7 Å². The molecule has 0 fully saturated rings. The van der Waals surface area contributed by atoms with Gasteiger partial charge in [0.2, 0.25) is 0 Å². The van der Waals surface area contributed by atoms with Crippen LogP contribution in [0.5, 0.6) is 0 Å². The molecule has 5 heteroatoms. The fraction of sp³-hybridized carbons (Fsp3) is 0. The normalized spacial score (nSPS) is 9.58. The third kappa shape index (κ3) is 3.49. The molecule has 0 spiro atoms. The summed E-state index contributed by atoms with van der Waals surface area (Å²) in [5, 5.41) is 23.4. The average Bonchev–Trinajstić information content (AvgIpc) is 3.14. The van der Waals surface area contributed by atoms with Gasteiger partial charge in [-0.15, -0.1) is 11.3 Å². The first-order valence-corrected chi connectivity index (χ1v) is 8.06. The second-order valence-corrected chi connectivity index (χ2v) is 5.77. The molecule has 1 N–H and O–H groups in total. The molecule has 3 rings (SSSR count). The third-order valence-corrected chi connectivity index (χ3v) is 4.22. The minimum absolute atomic E-state index is 0.0334. The van der Waals surface area contributed by atoms with E-state index in [-0.39, 0.29) is 5.57 Å². The summed E-state index contributed by atoms with van der Waals surface area (Å²) in [5.41, 5.74) is 3.89. The van der Waals surface area contributed by atoms with Gasteiger partial charge in [-0.2, -0.15) is 10.5 Å². The first-order valence-electron chi connectivity index (χ1n) is 7.18. The van der Waals surface area contributed by atoms with E-state index < -0.39 is 0 Å². The van der Waals surface area contributed by atoms with Gasteiger partial charge in [0, 0.05) is 28.4 Å². The summed E-state index contributed by atoms with van der Waals surface area (Å²) >= 11 is 1.61. The van der Waals surface area contributed by atoms with Crippen LogP contribution in [-0.4, -0.2) is 4.98 Å². The topological polar surface area (TPSA) is 72.5 Å². The Labute approximate surface area is 144 Å². The number of aromatic nitrogens is 1. The molecule has 0 aliphatic rings. The molecule has 0 aliphatic heterocycles. The highest BCUT2D eigenvalue weighted by molar-refractivity contribution is 7.13. The van der Waals surface area contributed by atoms with E-state index in [0.29, 0.717) is 0 Å². The summed E-state index contributed by atoms with van der Waals surface area (Å²) in [6, 6.07) is 21.4. The Balaban J connectivity index is 1.77. The van der Waals surface area contributed by atoms with Crippen molar-refractivity contribution in [3.8, 4) is 34.0 Å². The Hall–Kier alpha value is -3.41. The number of anilines is 1. The van der Waals surface area contributed by atoms with Gasteiger partial charge in [-0.25, -0.2) is 4.98 Å². The van der Waals surface area contributed by atoms with Crippen molar-refractivity contribution in [1.82, 2.24) is 4.98 Å². The Morgan fingerprint density at radius 2 is 1.67 bits per heavy atom. The van der Waals surface area contributed by atoms with E-state index in [1.807, 2.05) is 60.0 Å². The molecule has 4 nitrogen and oxygen atoms in total. The molecule has 1 heterocycles. The molecule has 0 saturated carbocycles. The van der Waals surface area contributed by atoms with Crippen molar-refractivity contribution in [2.45, 2.75) is 0 Å². The van der Waals surface area contributed by atoms with Gasteiger partial charge in [0.25, 0.3) is 0 Å². The Morgan fingerprint density at radius 1 is 0.958 bits per heavy atom. The van der Waals surface area contributed by atoms with Crippen LogP contribution in [0.3, 0.4) is 0 Å². The molecule has 114 valence electrons. The fourth-order valence-corrected chi connectivity index (χ4v) is 2.94. The summed E-state index contributed by atoms with van der Waals surface area (Å²) < 4.78 is 0. The monoisotopic (exact) mass is 328 g/mol. The van der Waals surface area contributed by atoms with Crippen LogP contribution in [0.1, 0.15) is 0 Å². The molecule has 0 unspecified atom stereocenters. The summed E-state index contributed by atoms with van der Waals surface area (Å²) in [6.45, 7) is 0. The van der Waals surface area contributed by atoms with Gasteiger partial charge in [0.1, 0.15) is 22.7 Å². The van der Waals surface area contributed by atoms with Crippen molar-refractivity contribution >= 4 is 17.0 Å². The maximum Gasteiger partial charge on any atom is 0.145 e. The van der Waals surface area contributed by atoms with Crippen molar-refractivity contribution in [3.63, 3.8) is 0 Å². The van der Waals surface area contributed by atoms with Gasteiger partial charge in [-0.05, 0) is 12.1 Å². The van der Waals surface area contributed by atoms with E-state index >= 15 is 0 Å². The molecule has 0 saturated heterocycles. The molecule has 0 aliphatic carbocycles. The van der Waals surface area contributed by atoms with Gasteiger partial charge in [0.05, 0.1) is 5.69 Å². The van der Waals surface area contributed by atoms with E-state index in [2.05, 4.69) is 10.3 Å². The van der Waals surface area contributed by atoms with Crippen molar-refractivity contribution in [1.29, 1.82) is 10.5 Å². The highest BCUT2D eigenvalue weighted by Crippen LogP contribution is 2.29. The van der Waals surface area contributed by atoms with Crippen LogP contribution >= 0.6 is 11.3 Å². The zero-order valence-electron chi connectivity index (χ0n) is 12.6. The minimum Gasteiger partial charge on any atom is -0.360 e. The number of nitrogens with one attached hydrogen (secondary N) is 1. The van der Waals surface area contributed by atoms with Gasteiger partial charge in [-0.3, -0.25) is 0 Å². The Morgan fingerprint density at radius 3 is 2.33 bits per heavy atom. The fourth-order valence-electron chi connectivity index (χ4n) is 2.10. The summed E-state index contributed by atoms with van der Waals surface area (Å²) in [5.74, 6) is 0. The average molecular weight is 328 g/mol. The number of hydrogen-bond acceptors (Lipinski definition) is 5. The SMILES string of the molecule is N#CC(C#N)=CNc1ccc(-c2csc(-c3ccccc3)n2)cc1. The second-order valence-electron chi connectivity index (χ2n) is 4.91. The summed E-state index contributed by atoms with van der Waals surface area (Å²) in [4.78, 5) is 4.68. The van der Waals surface area contributed by atoms with Crippen molar-refractivity contribution < 1.29 is 0 Å². The van der Waals surface area contributed by atoms with E-state index in [0.717, 1.165) is 27.5 Å². The summed E-state index contributed by atoms with van der Waals surface area (Å²) in [6.07, 6.45) is 1.39. The predicted molar refractivity (Wildman–Crippen MR) is 95.9 cm³/mol. The van der Waals surface area contributed by atoms with Gasteiger partial charge in [0.15, 0.2) is 0 Å². The Bertz CT molecular complexity index is 926. The van der Waals surface area contributed by atoms with Crippen LogP contribution in [0.2, 0.25) is 0 Å². The quantitative estimate of drug-likeness (QED) is 0.697. The lowest BCUT2D eigenvalue weighted by molar-refractivity contribution is 1.40. The molecule has 0 bridgehead atoms. The molecule has 0 atom stereocenters. The molecule has 3 aromatic rings. The smallest absolute Gasteiger partial charge is 0.145 e. The number of nitrogens with zero attached hydrogens (tertiary/aromatic N) is 3. The Kier molecular flexibility index (Phi) is 4.67. The largest absolute Gasteiger partial charge is 0.360 e. The lowest BCUT2D eigenvalue weighted by Gasteiger charge is -2.02. The van der Waals surface area contributed by atoms with Crippen LogP contribution in [0.25, 0.3) is 21.8 Å². The number of rotatable bonds is 4. The first-order chi connectivity index (χ1) is 11.8. The zero-order chi connectivity index (χ0) is 16.8. The number of allylic oxidation sites excluding steroid dienone is 1. The number of nitriles is 2. The number of thiazole rings is 1. The maximum atomic E-state index is 8.71. The summed E-state index contributed by atoms with van der Waals surface area (Å²) in [7, 11) is 0. The molecule has 0 radical (unpaired) electrons. The lowest BCUT2D eigenvalue weighted by Crippen LogP contribution is -1.89. The first kappa shape index (κ1) is 15.5. The molecule has 1 aromatic heterocycles. The van der Waals surface area contributed by atoms with Gasteiger partial charge < -0.3 is 5.32 Å². The standard InChI is InChI=1S/C19H12N4S/c20-10-14(11-21)12-22-17-8-6-15(7-9-17)18-13-24-19(23-18)16-4-2-1-3-5-16/h1-9,12-13,22H. The molecule has 2 aromatic carbocycles. The molecular formula is C19H12N4S. The van der Waals surface area contributed by atoms with Crippen LogP contribution in [0.4, 0.5) is 5.69 Å². The van der Waals surface area contributed by atoms with Crippen LogP contribution in [-0.2, 0) is 0 Å². The van der Waals surface area contributed by atoms with E-state index in [1.165, 1.54) is 6.20 Å². The van der Waals surface area contributed by atoms with Crippen molar-refractivity contribution in [2.75, 3.05) is 5.32 Å². The molecule has 0 amide bonds. The van der Waals surface area contributed by atoms with E-state index in [4.69, 9.17) is 10.5 Å². The maximum absolute atomic E-state index is 8.71. The highest BCUT2D eigenvalue weighted by atomic mass is 32.1. The number of benzene rings is 2. The second kappa shape index (κ2) is 7.23. The highest BCUT2D eigenvalue weighted by Gasteiger charge is 2.06. The molecular weight excluding hydrogens is 316 g/mol. The van der Waals surface area contributed by atoms with Crippen LogP contribution < -0.4 is 5.32 Å². The predicted octanol–water partition coefficient (Wildman–Crippen LogP) is 4.82. The zero-order valence-corrected chi connectivity index (χ0v) is 13.4. The van der Waals surface area contributed by atoms with Gasteiger partial charge >= 0.3 is 0 Å². The minimum atomic E-state index is 0.0334. The lowest BCUT2D eigenvalue weighted by atomic mass is 10.1. The van der Waals surface area contributed by atoms with Gasteiger partial charge in [-0.1, -0.05) is 42.5 Å². The van der Waals surface area contributed by atoms with E-state index in [1.54, 1.807) is 23.5 Å².